The lowest BCUT2D eigenvalue weighted by Gasteiger charge is -2.29. The monoisotopic (exact) mass is 619 g/mol. The minimum atomic E-state index is -2.39. The van der Waals surface area contributed by atoms with Gasteiger partial charge in [0.15, 0.2) is 23.3 Å². The highest BCUT2D eigenvalue weighted by molar-refractivity contribution is 5.96. The minimum absolute atomic E-state index is 0.0549. The smallest absolute Gasteiger partial charge is 0.178 e. The van der Waals surface area contributed by atoms with Crippen LogP contribution in [0.2, 0.25) is 0 Å². The van der Waals surface area contributed by atoms with Crippen LogP contribution in [0.5, 0.6) is 0 Å². The predicted molar refractivity (Wildman–Crippen MR) is 187 cm³/mol. The van der Waals surface area contributed by atoms with Crippen LogP contribution in [0.25, 0.3) is 0 Å². The Balaban J connectivity index is 3.93. The number of hydrogen-bond donors (Lipinski definition) is 3. The Hall–Kier alpha value is -1.56. The predicted octanol–water partition coefficient (Wildman–Crippen LogP) is 10.1. The van der Waals surface area contributed by atoms with Crippen LogP contribution in [0.1, 0.15) is 181 Å². The molecule has 0 radical (unpaired) electrons. The van der Waals surface area contributed by atoms with Gasteiger partial charge in [-0.3, -0.25) is 9.59 Å². The molecule has 0 aromatic heterocycles. The van der Waals surface area contributed by atoms with E-state index in [1.165, 1.54) is 70.6 Å². The highest BCUT2D eigenvalue weighted by Crippen LogP contribution is 2.20. The van der Waals surface area contributed by atoms with Crippen LogP contribution in [-0.4, -0.2) is 45.2 Å². The number of aliphatic hydroxyl groups is 3. The van der Waals surface area contributed by atoms with Crippen molar-refractivity contribution in [1.29, 1.82) is 0 Å². The van der Waals surface area contributed by atoms with Crippen LogP contribution in [0, 0.1) is 0 Å². The number of aliphatic hydroxyl groups excluding tert-OH is 2. The molecule has 5 nitrogen and oxygen atoms in total. The van der Waals surface area contributed by atoms with E-state index in [0.717, 1.165) is 70.6 Å². The summed E-state index contributed by atoms with van der Waals surface area (Å²) >= 11 is 0. The Morgan fingerprint density at radius 2 is 0.909 bits per heavy atom. The van der Waals surface area contributed by atoms with Crippen LogP contribution >= 0.6 is 0 Å². The standard InChI is InChI=1S/C39H70O5/c1-3-5-7-9-11-13-15-17-19-21-23-25-27-29-31-33-36(41)38(43)39(44,35-40)37(42)34-32-30-28-26-24-22-20-18-16-14-12-10-8-6-4-2/h12,14,17-20,38,40,43-44H,3-11,13,15-16,21-35H2,1-2H3/b14-12-,19-17-,20-18-/t38?,39-/m1/s1. The van der Waals surface area contributed by atoms with Crippen LogP contribution < -0.4 is 0 Å². The number of carbonyl (C=O) groups is 2. The molecule has 0 aromatic rings. The number of rotatable bonds is 33. The summed E-state index contributed by atoms with van der Waals surface area (Å²) < 4.78 is 0. The lowest BCUT2D eigenvalue weighted by molar-refractivity contribution is -0.165. The highest BCUT2D eigenvalue weighted by Gasteiger charge is 2.45. The van der Waals surface area contributed by atoms with Gasteiger partial charge in [-0.15, -0.1) is 0 Å². The molecule has 0 aliphatic heterocycles. The van der Waals surface area contributed by atoms with E-state index in [1.807, 2.05) is 0 Å². The lowest BCUT2D eigenvalue weighted by atomic mass is 9.85. The quantitative estimate of drug-likeness (QED) is 0.0502. The maximum absolute atomic E-state index is 12.6. The number of allylic oxidation sites excluding steroid dienone is 6. The Morgan fingerprint density at radius 1 is 0.545 bits per heavy atom. The zero-order valence-corrected chi connectivity index (χ0v) is 28.8. The molecule has 0 spiro atoms. The van der Waals surface area contributed by atoms with E-state index in [2.05, 4.69) is 50.3 Å². The molecule has 2 atom stereocenters. The van der Waals surface area contributed by atoms with Gasteiger partial charge in [0.2, 0.25) is 0 Å². The van der Waals surface area contributed by atoms with Crippen molar-refractivity contribution in [2.24, 2.45) is 0 Å². The van der Waals surface area contributed by atoms with Gasteiger partial charge in [0.1, 0.15) is 0 Å². The average molecular weight is 619 g/mol. The van der Waals surface area contributed by atoms with Gasteiger partial charge in [-0.1, -0.05) is 134 Å². The van der Waals surface area contributed by atoms with Gasteiger partial charge >= 0.3 is 0 Å². The van der Waals surface area contributed by atoms with Crippen molar-refractivity contribution in [3.05, 3.63) is 36.5 Å². The summed E-state index contributed by atoms with van der Waals surface area (Å²) in [4.78, 5) is 25.2. The van der Waals surface area contributed by atoms with Crippen LogP contribution in [-0.2, 0) is 9.59 Å². The number of hydrogen-bond acceptors (Lipinski definition) is 5. The molecule has 44 heavy (non-hydrogen) atoms. The summed E-state index contributed by atoms with van der Waals surface area (Å²) in [6.07, 6.45) is 38.5. The largest absolute Gasteiger partial charge is 0.393 e. The molecule has 256 valence electrons. The van der Waals surface area contributed by atoms with Crippen molar-refractivity contribution in [3.63, 3.8) is 0 Å². The summed E-state index contributed by atoms with van der Waals surface area (Å²) in [7, 11) is 0. The summed E-state index contributed by atoms with van der Waals surface area (Å²) in [5, 5.41) is 30.8. The summed E-state index contributed by atoms with van der Waals surface area (Å²) in [6.45, 7) is 3.53. The van der Waals surface area contributed by atoms with E-state index in [1.54, 1.807) is 0 Å². The molecule has 0 saturated heterocycles. The Kier molecular flexibility index (Phi) is 30.3. The summed E-state index contributed by atoms with van der Waals surface area (Å²) in [5.41, 5.74) is -2.39. The number of unbranched alkanes of at least 4 members (excludes halogenated alkanes) is 19. The zero-order valence-electron chi connectivity index (χ0n) is 28.8. The zero-order chi connectivity index (χ0) is 32.6. The topological polar surface area (TPSA) is 94.8 Å². The van der Waals surface area contributed by atoms with Crippen molar-refractivity contribution in [2.75, 3.05) is 6.61 Å². The molecule has 0 heterocycles. The van der Waals surface area contributed by atoms with Crippen molar-refractivity contribution in [3.8, 4) is 0 Å². The second-order valence-electron chi connectivity index (χ2n) is 12.7. The molecule has 0 saturated carbocycles. The first kappa shape index (κ1) is 42.4. The van der Waals surface area contributed by atoms with Gasteiger partial charge in [-0.05, 0) is 70.6 Å². The van der Waals surface area contributed by atoms with Gasteiger partial charge in [0.25, 0.3) is 0 Å². The molecule has 3 N–H and O–H groups in total. The second kappa shape index (κ2) is 31.4. The normalized spacial score (nSPS) is 14.2. The Bertz CT molecular complexity index is 756. The first-order chi connectivity index (χ1) is 21.4. The molecule has 0 bridgehead atoms. The molecule has 0 rings (SSSR count). The van der Waals surface area contributed by atoms with E-state index in [9.17, 15) is 24.9 Å². The first-order valence-corrected chi connectivity index (χ1v) is 18.5. The Morgan fingerprint density at radius 3 is 1.39 bits per heavy atom. The number of ketones is 2. The molecule has 0 amide bonds. The van der Waals surface area contributed by atoms with Gasteiger partial charge in [-0.2, -0.15) is 0 Å². The van der Waals surface area contributed by atoms with E-state index in [-0.39, 0.29) is 12.8 Å². The maximum atomic E-state index is 12.6. The van der Waals surface area contributed by atoms with Gasteiger partial charge in [0, 0.05) is 12.8 Å². The van der Waals surface area contributed by atoms with Gasteiger partial charge < -0.3 is 15.3 Å². The molecule has 0 aliphatic rings. The molecule has 1 unspecified atom stereocenters. The summed E-state index contributed by atoms with van der Waals surface area (Å²) in [5.74, 6) is -1.20. The van der Waals surface area contributed by atoms with Crippen molar-refractivity contribution in [2.45, 2.75) is 192 Å². The molecule has 0 aliphatic carbocycles. The molecule has 0 fully saturated rings. The third-order valence-electron chi connectivity index (χ3n) is 8.52. The van der Waals surface area contributed by atoms with Crippen LogP contribution in [0.4, 0.5) is 0 Å². The van der Waals surface area contributed by atoms with Crippen molar-refractivity contribution < 1.29 is 24.9 Å². The van der Waals surface area contributed by atoms with Gasteiger partial charge in [0.05, 0.1) is 6.61 Å². The fourth-order valence-electron chi connectivity index (χ4n) is 5.41. The van der Waals surface area contributed by atoms with E-state index in [4.69, 9.17) is 0 Å². The van der Waals surface area contributed by atoms with E-state index < -0.39 is 29.9 Å². The second-order valence-corrected chi connectivity index (χ2v) is 12.7. The van der Waals surface area contributed by atoms with Gasteiger partial charge in [-0.25, -0.2) is 0 Å². The fourth-order valence-corrected chi connectivity index (χ4v) is 5.41. The van der Waals surface area contributed by atoms with Crippen molar-refractivity contribution >= 4 is 11.6 Å². The minimum Gasteiger partial charge on any atom is -0.393 e. The SMILES string of the molecule is CCCCC/C=C\C/C=C\CCCCCCCC(=O)[C@](O)(CO)C(O)C(=O)CCCCCCC/C=C\CCCCCCCC. The average Bonchev–Trinajstić information content (AvgIpc) is 3.03. The number of Topliss-reactive ketones (excluding diaryl/α,β-unsaturated/α-hetero) is 2. The first-order valence-electron chi connectivity index (χ1n) is 18.5. The molecular formula is C39H70O5. The molecule has 5 heteroatoms. The van der Waals surface area contributed by atoms with Crippen molar-refractivity contribution in [1.82, 2.24) is 0 Å². The maximum Gasteiger partial charge on any atom is 0.178 e. The summed E-state index contributed by atoms with van der Waals surface area (Å²) in [6, 6.07) is 0. The van der Waals surface area contributed by atoms with E-state index >= 15 is 0 Å². The lowest BCUT2D eigenvalue weighted by Crippen LogP contribution is -2.55. The fraction of sp³-hybridized carbons (Fsp3) is 0.795. The third kappa shape index (κ3) is 23.8. The molecular weight excluding hydrogens is 548 g/mol. The molecule has 0 aromatic carbocycles. The number of carbonyl (C=O) groups excluding carboxylic acids is 2. The van der Waals surface area contributed by atoms with Crippen LogP contribution in [0.3, 0.4) is 0 Å². The van der Waals surface area contributed by atoms with E-state index in [0.29, 0.717) is 12.8 Å². The highest BCUT2D eigenvalue weighted by atomic mass is 16.4. The van der Waals surface area contributed by atoms with Crippen LogP contribution in [0.15, 0.2) is 36.5 Å². The third-order valence-corrected chi connectivity index (χ3v) is 8.52. The Labute approximate surface area is 271 Å².